The van der Waals surface area contributed by atoms with Crippen LogP contribution in [0.5, 0.6) is 5.75 Å². The number of carbonyl (C=O) groups excluding carboxylic acids is 1. The second-order valence-corrected chi connectivity index (χ2v) is 7.25. The lowest BCUT2D eigenvalue weighted by molar-refractivity contribution is -0.132. The van der Waals surface area contributed by atoms with Gasteiger partial charge >= 0.3 is 0 Å². The molecule has 1 heterocycles. The summed E-state index contributed by atoms with van der Waals surface area (Å²) in [6, 6.07) is 16.2. The van der Waals surface area contributed by atoms with E-state index in [4.69, 9.17) is 4.74 Å². The largest absolute Gasteiger partial charge is 0.492 e. The lowest BCUT2D eigenvalue weighted by Crippen LogP contribution is -2.39. The molecule has 1 atom stereocenters. The van der Waals surface area contributed by atoms with Gasteiger partial charge in [-0.25, -0.2) is 0 Å². The van der Waals surface area contributed by atoms with Gasteiger partial charge in [-0.05, 0) is 42.7 Å². The van der Waals surface area contributed by atoms with Crippen molar-refractivity contribution in [2.24, 2.45) is 0 Å². The molecule has 0 saturated carbocycles. The molecular weight excluding hydrogens is 318 g/mol. The number of nitrogens with zero attached hydrogens (tertiary/aromatic N) is 1. The topological polar surface area (TPSA) is 29.5 Å². The minimum Gasteiger partial charge on any atom is -0.492 e. The van der Waals surface area contributed by atoms with E-state index in [-0.39, 0.29) is 11.3 Å². The fourth-order valence-corrected chi connectivity index (χ4v) is 4.09. The number of rotatable bonds is 5. The quantitative estimate of drug-likeness (QED) is 0.810. The number of aryl methyl sites for hydroxylation is 2. The minimum atomic E-state index is 0.0879. The Balaban J connectivity index is 1.69. The molecule has 0 spiro atoms. The van der Waals surface area contributed by atoms with Gasteiger partial charge in [-0.3, -0.25) is 4.79 Å². The number of amides is 1. The first-order chi connectivity index (χ1) is 11.6. The van der Waals surface area contributed by atoms with Crippen LogP contribution in [0.3, 0.4) is 0 Å². The van der Waals surface area contributed by atoms with Crippen LogP contribution < -0.4 is 4.74 Å². The number of hydrogen-bond donors (Lipinski definition) is 0. The molecule has 1 unspecified atom stereocenters. The van der Waals surface area contributed by atoms with Crippen molar-refractivity contribution in [2.45, 2.75) is 25.6 Å². The molecule has 0 aromatic heterocycles. The Bertz CT molecular complexity index is 702. The standard InChI is InChI=1S/C20H23NO2S/c1-15-8-9-17(14-16(15)2)20-21(19(22)10-13-24-20)11-12-23-18-6-4-3-5-7-18/h3-9,14,20H,10-13H2,1-2H3. The summed E-state index contributed by atoms with van der Waals surface area (Å²) in [6.45, 7) is 5.36. The van der Waals surface area contributed by atoms with Crippen LogP contribution in [-0.4, -0.2) is 29.7 Å². The number of para-hydroxylation sites is 1. The van der Waals surface area contributed by atoms with Crippen LogP contribution in [0, 0.1) is 13.8 Å². The van der Waals surface area contributed by atoms with E-state index in [9.17, 15) is 4.79 Å². The molecule has 3 rings (SSSR count). The van der Waals surface area contributed by atoms with Crippen molar-refractivity contribution in [2.75, 3.05) is 18.9 Å². The number of hydrogen-bond acceptors (Lipinski definition) is 3. The van der Waals surface area contributed by atoms with Crippen molar-refractivity contribution in [1.29, 1.82) is 0 Å². The Morgan fingerprint density at radius 3 is 2.67 bits per heavy atom. The van der Waals surface area contributed by atoms with Gasteiger partial charge in [0, 0.05) is 12.2 Å². The van der Waals surface area contributed by atoms with E-state index in [2.05, 4.69) is 32.0 Å². The second-order valence-electron chi connectivity index (χ2n) is 6.07. The first-order valence-corrected chi connectivity index (χ1v) is 9.36. The molecule has 0 radical (unpaired) electrons. The van der Waals surface area contributed by atoms with Gasteiger partial charge in [-0.15, -0.1) is 11.8 Å². The Hall–Kier alpha value is -1.94. The van der Waals surface area contributed by atoms with E-state index >= 15 is 0 Å². The van der Waals surface area contributed by atoms with E-state index < -0.39 is 0 Å². The van der Waals surface area contributed by atoms with Crippen LogP contribution in [0.2, 0.25) is 0 Å². The fraction of sp³-hybridized carbons (Fsp3) is 0.350. The van der Waals surface area contributed by atoms with Crippen LogP contribution in [0.4, 0.5) is 0 Å². The van der Waals surface area contributed by atoms with Crippen molar-refractivity contribution < 1.29 is 9.53 Å². The third-order valence-corrected chi connectivity index (χ3v) is 5.64. The van der Waals surface area contributed by atoms with E-state index in [1.165, 1.54) is 16.7 Å². The molecule has 1 amide bonds. The van der Waals surface area contributed by atoms with Gasteiger partial charge in [0.1, 0.15) is 17.7 Å². The molecule has 0 bridgehead atoms. The van der Waals surface area contributed by atoms with Crippen molar-refractivity contribution in [3.63, 3.8) is 0 Å². The SMILES string of the molecule is Cc1ccc(C2SCCC(=O)N2CCOc2ccccc2)cc1C. The summed E-state index contributed by atoms with van der Waals surface area (Å²) in [5.74, 6) is 1.94. The van der Waals surface area contributed by atoms with Crippen molar-refractivity contribution >= 4 is 17.7 Å². The summed E-state index contributed by atoms with van der Waals surface area (Å²) >= 11 is 1.84. The predicted octanol–water partition coefficient (Wildman–Crippen LogP) is 4.35. The van der Waals surface area contributed by atoms with E-state index in [0.717, 1.165) is 11.5 Å². The van der Waals surface area contributed by atoms with Crippen molar-refractivity contribution in [1.82, 2.24) is 4.90 Å². The van der Waals surface area contributed by atoms with E-state index in [1.54, 1.807) is 0 Å². The second kappa shape index (κ2) is 7.75. The molecule has 24 heavy (non-hydrogen) atoms. The fourth-order valence-electron chi connectivity index (χ4n) is 2.84. The van der Waals surface area contributed by atoms with Gasteiger partial charge in [0.15, 0.2) is 0 Å². The predicted molar refractivity (Wildman–Crippen MR) is 99.4 cm³/mol. The molecule has 126 valence electrons. The smallest absolute Gasteiger partial charge is 0.224 e. The number of carbonyl (C=O) groups is 1. The molecule has 1 aliphatic heterocycles. The minimum absolute atomic E-state index is 0.0879. The molecule has 0 N–H and O–H groups in total. The summed E-state index contributed by atoms with van der Waals surface area (Å²) < 4.78 is 5.78. The number of benzene rings is 2. The lowest BCUT2D eigenvalue weighted by atomic mass is 10.1. The average molecular weight is 341 g/mol. The van der Waals surface area contributed by atoms with Gasteiger partial charge in [0.05, 0.1) is 6.54 Å². The van der Waals surface area contributed by atoms with Crippen LogP contribution in [0.25, 0.3) is 0 Å². The Kier molecular flexibility index (Phi) is 5.46. The van der Waals surface area contributed by atoms with Gasteiger partial charge < -0.3 is 9.64 Å². The number of thioether (sulfide) groups is 1. The zero-order valence-corrected chi connectivity index (χ0v) is 15.0. The lowest BCUT2D eigenvalue weighted by Gasteiger charge is -2.35. The molecule has 1 saturated heterocycles. The molecule has 0 aliphatic carbocycles. The maximum absolute atomic E-state index is 12.4. The highest BCUT2D eigenvalue weighted by Gasteiger charge is 2.29. The summed E-state index contributed by atoms with van der Waals surface area (Å²) in [5, 5.41) is 0.0879. The highest BCUT2D eigenvalue weighted by Crippen LogP contribution is 2.37. The summed E-state index contributed by atoms with van der Waals surface area (Å²) in [7, 11) is 0. The summed E-state index contributed by atoms with van der Waals surface area (Å²) in [4.78, 5) is 14.4. The third-order valence-electron chi connectivity index (χ3n) is 4.36. The third kappa shape index (κ3) is 3.93. The maximum Gasteiger partial charge on any atom is 0.224 e. The highest BCUT2D eigenvalue weighted by molar-refractivity contribution is 7.99. The summed E-state index contributed by atoms with van der Waals surface area (Å²) in [5.41, 5.74) is 3.76. The van der Waals surface area contributed by atoms with Crippen LogP contribution in [0.1, 0.15) is 28.5 Å². The van der Waals surface area contributed by atoms with Crippen molar-refractivity contribution in [3.8, 4) is 5.75 Å². The molecule has 1 aliphatic rings. The molecule has 2 aromatic carbocycles. The van der Waals surface area contributed by atoms with Gasteiger partial charge in [-0.2, -0.15) is 0 Å². The Labute approximate surface area is 148 Å². The molecular formula is C20H23NO2S. The van der Waals surface area contributed by atoms with Gasteiger partial charge in [-0.1, -0.05) is 36.4 Å². The monoisotopic (exact) mass is 341 g/mol. The Morgan fingerprint density at radius 1 is 1.12 bits per heavy atom. The van der Waals surface area contributed by atoms with Crippen molar-refractivity contribution in [3.05, 3.63) is 65.2 Å². The number of ether oxygens (including phenoxy) is 1. The first-order valence-electron chi connectivity index (χ1n) is 8.31. The highest BCUT2D eigenvalue weighted by atomic mass is 32.2. The average Bonchev–Trinajstić information content (AvgIpc) is 2.60. The van der Waals surface area contributed by atoms with Crippen LogP contribution >= 0.6 is 11.8 Å². The maximum atomic E-state index is 12.4. The van der Waals surface area contributed by atoms with Crippen LogP contribution in [-0.2, 0) is 4.79 Å². The first kappa shape index (κ1) is 16.9. The molecule has 1 fully saturated rings. The van der Waals surface area contributed by atoms with Gasteiger partial charge in [0.2, 0.25) is 5.91 Å². The van der Waals surface area contributed by atoms with E-state index in [1.807, 2.05) is 47.0 Å². The molecule has 2 aromatic rings. The molecule has 3 nitrogen and oxygen atoms in total. The Morgan fingerprint density at radius 2 is 1.92 bits per heavy atom. The normalized spacial score (nSPS) is 17.8. The van der Waals surface area contributed by atoms with Crippen LogP contribution in [0.15, 0.2) is 48.5 Å². The summed E-state index contributed by atoms with van der Waals surface area (Å²) in [6.07, 6.45) is 0.608. The molecule has 4 heteroatoms. The van der Waals surface area contributed by atoms with Gasteiger partial charge in [0.25, 0.3) is 0 Å². The zero-order valence-electron chi connectivity index (χ0n) is 14.2. The zero-order chi connectivity index (χ0) is 16.9. The van der Waals surface area contributed by atoms with E-state index in [0.29, 0.717) is 19.6 Å².